The Morgan fingerprint density at radius 3 is 2.86 bits per heavy atom. The minimum absolute atomic E-state index is 0.610. The highest BCUT2D eigenvalue weighted by Crippen LogP contribution is 2.30. The molecule has 0 radical (unpaired) electrons. The smallest absolute Gasteiger partial charge is 0.161 e. The molecule has 0 aliphatic carbocycles. The summed E-state index contributed by atoms with van der Waals surface area (Å²) in [5, 5.41) is 3.27. The van der Waals surface area contributed by atoms with Crippen molar-refractivity contribution in [3.63, 3.8) is 0 Å². The third-order valence-corrected chi connectivity index (χ3v) is 3.52. The van der Waals surface area contributed by atoms with E-state index in [2.05, 4.69) is 16.4 Å². The molecule has 0 atom stereocenters. The van der Waals surface area contributed by atoms with Gasteiger partial charge in [-0.2, -0.15) is 0 Å². The van der Waals surface area contributed by atoms with Gasteiger partial charge in [0.15, 0.2) is 11.5 Å². The zero-order chi connectivity index (χ0) is 14.7. The van der Waals surface area contributed by atoms with E-state index in [4.69, 9.17) is 15.2 Å². The quantitative estimate of drug-likeness (QED) is 0.902. The lowest BCUT2D eigenvalue weighted by Crippen LogP contribution is -2.15. The fourth-order valence-corrected chi connectivity index (χ4v) is 2.28. The van der Waals surface area contributed by atoms with Crippen LogP contribution < -0.4 is 20.5 Å². The number of fused-ring (bicyclic) bond motifs is 1. The van der Waals surface area contributed by atoms with Crippen molar-refractivity contribution in [2.45, 2.75) is 13.3 Å². The van der Waals surface area contributed by atoms with Gasteiger partial charge in [-0.3, -0.25) is 0 Å². The average Bonchev–Trinajstić information content (AvgIpc) is 2.51. The summed E-state index contributed by atoms with van der Waals surface area (Å²) in [5.41, 5.74) is 8.93. The molecule has 0 spiro atoms. The zero-order valence-corrected chi connectivity index (χ0v) is 12.1. The van der Waals surface area contributed by atoms with Gasteiger partial charge in [0.05, 0.1) is 5.69 Å². The van der Waals surface area contributed by atoms with Crippen LogP contribution >= 0.6 is 0 Å². The van der Waals surface area contributed by atoms with Crippen LogP contribution in [0.3, 0.4) is 0 Å². The van der Waals surface area contributed by atoms with Crippen LogP contribution in [-0.4, -0.2) is 24.7 Å². The molecule has 0 unspecified atom stereocenters. The summed E-state index contributed by atoms with van der Waals surface area (Å²) < 4.78 is 11.1. The SMILES string of the molecule is Cc1ccnc(NCCc2ccc3c(c2)OCCO3)c1N. The largest absolute Gasteiger partial charge is 0.486 e. The molecule has 0 saturated heterocycles. The maximum atomic E-state index is 5.99. The van der Waals surface area contributed by atoms with E-state index in [0.29, 0.717) is 18.9 Å². The number of benzene rings is 1. The molecule has 1 aromatic carbocycles. The number of aromatic nitrogens is 1. The third kappa shape index (κ3) is 3.02. The first kappa shape index (κ1) is 13.5. The van der Waals surface area contributed by atoms with E-state index in [1.165, 1.54) is 5.56 Å². The van der Waals surface area contributed by atoms with E-state index >= 15 is 0 Å². The average molecular weight is 285 g/mol. The normalized spacial score (nSPS) is 13.0. The van der Waals surface area contributed by atoms with E-state index in [-0.39, 0.29) is 0 Å². The number of aryl methyl sites for hydroxylation is 1. The molecule has 0 amide bonds. The fourth-order valence-electron chi connectivity index (χ4n) is 2.28. The van der Waals surface area contributed by atoms with E-state index in [0.717, 1.165) is 35.8 Å². The lowest BCUT2D eigenvalue weighted by molar-refractivity contribution is 0.171. The summed E-state index contributed by atoms with van der Waals surface area (Å²) in [6.07, 6.45) is 2.63. The number of pyridine rings is 1. The van der Waals surface area contributed by atoms with Crippen molar-refractivity contribution in [3.05, 3.63) is 41.6 Å². The molecule has 2 aromatic rings. The number of ether oxygens (including phenoxy) is 2. The Bertz CT molecular complexity index is 643. The summed E-state index contributed by atoms with van der Waals surface area (Å²) in [6, 6.07) is 7.95. The second-order valence-electron chi connectivity index (χ2n) is 5.04. The molecule has 2 heterocycles. The minimum Gasteiger partial charge on any atom is -0.486 e. The van der Waals surface area contributed by atoms with E-state index in [9.17, 15) is 0 Å². The summed E-state index contributed by atoms with van der Waals surface area (Å²) in [5.74, 6) is 2.39. The maximum Gasteiger partial charge on any atom is 0.161 e. The highest BCUT2D eigenvalue weighted by atomic mass is 16.6. The number of nitrogens with two attached hydrogens (primary N) is 1. The van der Waals surface area contributed by atoms with Crippen molar-refractivity contribution >= 4 is 11.5 Å². The second kappa shape index (κ2) is 5.91. The van der Waals surface area contributed by atoms with Crippen LogP contribution in [0.15, 0.2) is 30.5 Å². The Morgan fingerprint density at radius 2 is 2.00 bits per heavy atom. The number of nitrogens with one attached hydrogen (secondary N) is 1. The van der Waals surface area contributed by atoms with Crippen LogP contribution in [-0.2, 0) is 6.42 Å². The lowest BCUT2D eigenvalue weighted by atomic mass is 10.1. The van der Waals surface area contributed by atoms with Crippen LogP contribution in [0.1, 0.15) is 11.1 Å². The van der Waals surface area contributed by atoms with E-state index in [1.807, 2.05) is 25.1 Å². The summed E-state index contributed by atoms with van der Waals surface area (Å²) in [7, 11) is 0. The Hall–Kier alpha value is -2.43. The van der Waals surface area contributed by atoms with Gasteiger partial charge in [-0.25, -0.2) is 4.98 Å². The number of nitrogen functional groups attached to an aromatic ring is 1. The van der Waals surface area contributed by atoms with Crippen molar-refractivity contribution in [3.8, 4) is 11.5 Å². The Labute approximate surface area is 124 Å². The van der Waals surface area contributed by atoms with Gasteiger partial charge in [-0.05, 0) is 42.7 Å². The van der Waals surface area contributed by atoms with Crippen LogP contribution in [0.4, 0.5) is 11.5 Å². The van der Waals surface area contributed by atoms with Crippen molar-refractivity contribution in [1.29, 1.82) is 0 Å². The minimum atomic E-state index is 0.610. The summed E-state index contributed by atoms with van der Waals surface area (Å²) >= 11 is 0. The van der Waals surface area contributed by atoms with Crippen molar-refractivity contribution in [1.82, 2.24) is 4.98 Å². The molecule has 3 rings (SSSR count). The predicted molar refractivity (Wildman–Crippen MR) is 83.0 cm³/mol. The predicted octanol–water partition coefficient (Wildman–Crippen LogP) is 2.40. The lowest BCUT2D eigenvalue weighted by Gasteiger charge is -2.19. The Balaban J connectivity index is 1.61. The van der Waals surface area contributed by atoms with Crippen LogP contribution in [0.2, 0.25) is 0 Å². The van der Waals surface area contributed by atoms with Crippen molar-refractivity contribution in [2.75, 3.05) is 30.8 Å². The molecular weight excluding hydrogens is 266 g/mol. The van der Waals surface area contributed by atoms with Gasteiger partial charge in [-0.1, -0.05) is 6.07 Å². The van der Waals surface area contributed by atoms with E-state index in [1.54, 1.807) is 6.20 Å². The van der Waals surface area contributed by atoms with Crippen LogP contribution in [0.5, 0.6) is 11.5 Å². The molecule has 3 N–H and O–H groups in total. The zero-order valence-electron chi connectivity index (χ0n) is 12.1. The third-order valence-electron chi connectivity index (χ3n) is 3.52. The molecule has 5 nitrogen and oxygen atoms in total. The van der Waals surface area contributed by atoms with Gasteiger partial charge >= 0.3 is 0 Å². The van der Waals surface area contributed by atoms with Crippen LogP contribution in [0.25, 0.3) is 0 Å². The molecule has 1 aliphatic rings. The van der Waals surface area contributed by atoms with Crippen molar-refractivity contribution < 1.29 is 9.47 Å². The molecule has 5 heteroatoms. The highest BCUT2D eigenvalue weighted by molar-refractivity contribution is 5.64. The standard InChI is InChI=1S/C16H19N3O2/c1-11-4-6-18-16(15(11)17)19-7-5-12-2-3-13-14(10-12)21-9-8-20-13/h2-4,6,10H,5,7-9,17H2,1H3,(H,18,19). The van der Waals surface area contributed by atoms with Gasteiger partial charge in [0.1, 0.15) is 19.0 Å². The topological polar surface area (TPSA) is 69.4 Å². The monoisotopic (exact) mass is 285 g/mol. The van der Waals surface area contributed by atoms with Gasteiger partial charge in [-0.15, -0.1) is 0 Å². The van der Waals surface area contributed by atoms with Crippen molar-refractivity contribution in [2.24, 2.45) is 0 Å². The first-order chi connectivity index (χ1) is 10.2. The van der Waals surface area contributed by atoms with Gasteiger partial charge in [0.25, 0.3) is 0 Å². The summed E-state index contributed by atoms with van der Waals surface area (Å²) in [4.78, 5) is 4.26. The number of nitrogens with zero attached hydrogens (tertiary/aromatic N) is 1. The molecule has 0 fully saturated rings. The molecule has 1 aliphatic heterocycles. The fraction of sp³-hybridized carbons (Fsp3) is 0.312. The Morgan fingerprint density at radius 1 is 1.19 bits per heavy atom. The first-order valence-corrected chi connectivity index (χ1v) is 7.07. The first-order valence-electron chi connectivity index (χ1n) is 7.07. The van der Waals surface area contributed by atoms with Gasteiger partial charge in [0.2, 0.25) is 0 Å². The molecular formula is C16H19N3O2. The number of anilines is 2. The second-order valence-corrected chi connectivity index (χ2v) is 5.04. The number of hydrogen-bond acceptors (Lipinski definition) is 5. The maximum absolute atomic E-state index is 5.99. The van der Waals surface area contributed by atoms with Gasteiger partial charge < -0.3 is 20.5 Å². The van der Waals surface area contributed by atoms with E-state index < -0.39 is 0 Å². The number of rotatable bonds is 4. The highest BCUT2D eigenvalue weighted by Gasteiger charge is 2.11. The summed E-state index contributed by atoms with van der Waals surface area (Å²) in [6.45, 7) is 3.97. The molecule has 110 valence electrons. The van der Waals surface area contributed by atoms with Crippen LogP contribution in [0, 0.1) is 6.92 Å². The molecule has 21 heavy (non-hydrogen) atoms. The molecule has 0 bridgehead atoms. The molecule has 1 aromatic heterocycles. The van der Waals surface area contributed by atoms with Gasteiger partial charge in [0, 0.05) is 12.7 Å². The molecule has 0 saturated carbocycles. The Kier molecular flexibility index (Phi) is 3.81. The number of hydrogen-bond donors (Lipinski definition) is 2.